The van der Waals surface area contributed by atoms with Crippen LogP contribution in [0, 0.1) is 11.8 Å². The SMILES string of the molecule is O=C1[C@@H]2[C@H](c3ccccc3O)N[C@](Cc3c[nH]c4ccccc34)(C(=O)O)[C@H]2C(=O)N1c1ccc(Cl)cc1. The minimum atomic E-state index is -1.81. The van der Waals surface area contributed by atoms with Crippen LogP contribution in [0.3, 0.4) is 0 Å². The second kappa shape index (κ2) is 8.47. The first-order chi connectivity index (χ1) is 17.8. The van der Waals surface area contributed by atoms with Crippen LogP contribution in [0.2, 0.25) is 5.02 Å². The van der Waals surface area contributed by atoms with Crippen LogP contribution in [0.25, 0.3) is 10.9 Å². The van der Waals surface area contributed by atoms with Crippen molar-refractivity contribution in [2.24, 2.45) is 11.8 Å². The maximum absolute atomic E-state index is 14.0. The molecule has 9 heteroatoms. The molecule has 8 nitrogen and oxygen atoms in total. The number of carboxylic acid groups (broad SMARTS) is 1. The van der Waals surface area contributed by atoms with Crippen molar-refractivity contribution in [3.05, 3.63) is 95.1 Å². The summed E-state index contributed by atoms with van der Waals surface area (Å²) >= 11 is 6.01. The van der Waals surface area contributed by atoms with Gasteiger partial charge in [-0.15, -0.1) is 0 Å². The number of aromatic amines is 1. The Bertz CT molecular complexity index is 1570. The molecule has 0 bridgehead atoms. The number of benzene rings is 3. The topological polar surface area (TPSA) is 123 Å². The highest BCUT2D eigenvalue weighted by molar-refractivity contribution is 6.31. The number of carbonyl (C=O) groups is 3. The van der Waals surface area contributed by atoms with Crippen molar-refractivity contribution in [2.75, 3.05) is 4.90 Å². The number of halogens is 1. The monoisotopic (exact) mass is 515 g/mol. The van der Waals surface area contributed by atoms with Crippen LogP contribution < -0.4 is 10.2 Å². The molecule has 2 saturated heterocycles. The molecule has 2 fully saturated rings. The molecule has 2 aliphatic rings. The molecule has 3 heterocycles. The van der Waals surface area contributed by atoms with Crippen LogP contribution in [0.1, 0.15) is 17.2 Å². The number of phenols is 1. The van der Waals surface area contributed by atoms with E-state index in [1.165, 1.54) is 6.07 Å². The number of nitrogens with one attached hydrogen (secondary N) is 2. The molecule has 0 aliphatic carbocycles. The molecule has 0 spiro atoms. The number of nitrogens with zero attached hydrogens (tertiary/aromatic N) is 1. The molecule has 6 rings (SSSR count). The fourth-order valence-corrected chi connectivity index (χ4v) is 6.00. The summed E-state index contributed by atoms with van der Waals surface area (Å²) in [6.07, 6.45) is 1.68. The fourth-order valence-electron chi connectivity index (χ4n) is 5.88. The number of rotatable bonds is 5. The standard InChI is InChI=1S/C28H22ClN3O5/c29-16-9-11-17(12-10-16)32-25(34)22-23(26(32)35)28(27(36)37,31-24(22)19-6-2-4-8-21(19)33)13-15-14-30-20-7-3-1-5-18(15)20/h1-12,14,22-24,30-31,33H,13H2,(H,36,37)/t22-,23+,24-,28-/m0/s1. The minimum Gasteiger partial charge on any atom is -0.508 e. The number of aromatic hydroxyl groups is 1. The van der Waals surface area contributed by atoms with E-state index in [4.69, 9.17) is 11.6 Å². The van der Waals surface area contributed by atoms with Crippen molar-refractivity contribution in [1.29, 1.82) is 0 Å². The van der Waals surface area contributed by atoms with Gasteiger partial charge in [0.05, 0.1) is 17.5 Å². The maximum Gasteiger partial charge on any atom is 0.325 e. The van der Waals surface area contributed by atoms with E-state index in [1.807, 2.05) is 24.3 Å². The lowest BCUT2D eigenvalue weighted by molar-refractivity contribution is -0.148. The predicted molar refractivity (Wildman–Crippen MR) is 137 cm³/mol. The summed E-state index contributed by atoms with van der Waals surface area (Å²) in [4.78, 5) is 45.1. The molecule has 0 radical (unpaired) electrons. The summed E-state index contributed by atoms with van der Waals surface area (Å²) in [5.41, 5.74) is 0.403. The molecule has 0 saturated carbocycles. The largest absolute Gasteiger partial charge is 0.508 e. The molecule has 1 aromatic heterocycles. The van der Waals surface area contributed by atoms with Gasteiger partial charge in [0.1, 0.15) is 11.3 Å². The Morgan fingerprint density at radius 2 is 1.68 bits per heavy atom. The summed E-state index contributed by atoms with van der Waals surface area (Å²) in [6.45, 7) is 0. The Labute approximate surface area is 216 Å². The minimum absolute atomic E-state index is 0.0505. The van der Waals surface area contributed by atoms with Crippen molar-refractivity contribution in [2.45, 2.75) is 18.0 Å². The Hall–Kier alpha value is -4.14. The lowest BCUT2D eigenvalue weighted by Crippen LogP contribution is -2.57. The van der Waals surface area contributed by atoms with Crippen LogP contribution in [0.4, 0.5) is 5.69 Å². The lowest BCUT2D eigenvalue weighted by Gasteiger charge is -2.31. The third-order valence-corrected chi connectivity index (χ3v) is 7.79. The van der Waals surface area contributed by atoms with Gasteiger partial charge in [-0.3, -0.25) is 19.7 Å². The first-order valence-electron chi connectivity index (χ1n) is 11.8. The second-order valence-corrected chi connectivity index (χ2v) is 9.92. The molecule has 4 atom stereocenters. The lowest BCUT2D eigenvalue weighted by atomic mass is 9.76. The zero-order valence-electron chi connectivity index (χ0n) is 19.4. The van der Waals surface area contributed by atoms with E-state index in [0.29, 0.717) is 21.8 Å². The first kappa shape index (κ1) is 23.3. The van der Waals surface area contributed by atoms with Crippen molar-refractivity contribution in [3.63, 3.8) is 0 Å². The molecular formula is C28H22ClN3O5. The summed E-state index contributed by atoms with van der Waals surface area (Å²) in [7, 11) is 0. The van der Waals surface area contributed by atoms with E-state index in [1.54, 1.807) is 48.7 Å². The number of aromatic nitrogens is 1. The molecule has 2 amide bonds. The quantitative estimate of drug-likeness (QED) is 0.297. The molecule has 2 aliphatic heterocycles. The molecule has 3 aromatic carbocycles. The van der Waals surface area contributed by atoms with Crippen molar-refractivity contribution in [1.82, 2.24) is 10.3 Å². The molecular weight excluding hydrogens is 494 g/mol. The zero-order valence-corrected chi connectivity index (χ0v) is 20.1. The number of phenolic OH excluding ortho intramolecular Hbond substituents is 1. The molecule has 0 unspecified atom stereocenters. The first-order valence-corrected chi connectivity index (χ1v) is 12.2. The Balaban J connectivity index is 1.52. The summed E-state index contributed by atoms with van der Waals surface area (Å²) in [5, 5.41) is 25.7. The van der Waals surface area contributed by atoms with Crippen LogP contribution in [0.15, 0.2) is 79.0 Å². The summed E-state index contributed by atoms with van der Waals surface area (Å²) in [6, 6.07) is 19.3. The number of aliphatic carboxylic acids is 1. The van der Waals surface area contributed by atoms with E-state index in [2.05, 4.69) is 10.3 Å². The summed E-state index contributed by atoms with van der Waals surface area (Å²) in [5.74, 6) is -4.73. The number of fused-ring (bicyclic) bond motifs is 2. The second-order valence-electron chi connectivity index (χ2n) is 9.49. The predicted octanol–water partition coefficient (Wildman–Crippen LogP) is 4.04. The van der Waals surface area contributed by atoms with Gasteiger partial charge in [0, 0.05) is 40.1 Å². The van der Waals surface area contributed by atoms with E-state index >= 15 is 0 Å². The number of hydrogen-bond donors (Lipinski definition) is 4. The van der Waals surface area contributed by atoms with Crippen molar-refractivity contribution < 1.29 is 24.6 Å². The highest BCUT2D eigenvalue weighted by Gasteiger charge is 2.69. The van der Waals surface area contributed by atoms with E-state index < -0.39 is 41.2 Å². The summed E-state index contributed by atoms with van der Waals surface area (Å²) < 4.78 is 0. The van der Waals surface area contributed by atoms with Crippen LogP contribution >= 0.6 is 11.6 Å². The van der Waals surface area contributed by atoms with Gasteiger partial charge in [-0.1, -0.05) is 48.0 Å². The van der Waals surface area contributed by atoms with Gasteiger partial charge < -0.3 is 15.2 Å². The Morgan fingerprint density at radius 1 is 0.973 bits per heavy atom. The average molecular weight is 516 g/mol. The molecule has 4 N–H and O–H groups in total. The van der Waals surface area contributed by atoms with E-state index in [0.717, 1.165) is 15.8 Å². The van der Waals surface area contributed by atoms with Gasteiger partial charge in [-0.05, 0) is 42.0 Å². The highest BCUT2D eigenvalue weighted by atomic mass is 35.5. The Morgan fingerprint density at radius 3 is 2.41 bits per heavy atom. The number of H-pyrrole nitrogens is 1. The number of carbonyl (C=O) groups excluding carboxylic acids is 2. The Kier molecular flexibility index (Phi) is 5.33. The van der Waals surface area contributed by atoms with Gasteiger partial charge in [-0.25, -0.2) is 4.90 Å². The third-order valence-electron chi connectivity index (χ3n) is 7.54. The van der Waals surface area contributed by atoms with E-state index in [-0.39, 0.29) is 12.2 Å². The van der Waals surface area contributed by atoms with Crippen LogP contribution in [-0.2, 0) is 20.8 Å². The number of anilines is 1. The van der Waals surface area contributed by atoms with Gasteiger partial charge in [0.25, 0.3) is 0 Å². The van der Waals surface area contributed by atoms with Crippen LogP contribution in [-0.4, -0.2) is 38.5 Å². The molecule has 4 aromatic rings. The third kappa shape index (κ3) is 3.44. The molecule has 186 valence electrons. The average Bonchev–Trinajstić information content (AvgIpc) is 3.53. The number of carboxylic acids is 1. The molecule has 37 heavy (non-hydrogen) atoms. The van der Waals surface area contributed by atoms with Gasteiger partial charge in [0.2, 0.25) is 11.8 Å². The van der Waals surface area contributed by atoms with Gasteiger partial charge in [0.15, 0.2) is 0 Å². The smallest absolute Gasteiger partial charge is 0.325 e. The number of para-hydroxylation sites is 2. The normalized spacial score (nSPS) is 25.1. The van der Waals surface area contributed by atoms with Crippen molar-refractivity contribution in [3.8, 4) is 5.75 Å². The zero-order chi connectivity index (χ0) is 25.9. The van der Waals surface area contributed by atoms with Gasteiger partial charge in [-0.2, -0.15) is 0 Å². The van der Waals surface area contributed by atoms with Gasteiger partial charge >= 0.3 is 5.97 Å². The van der Waals surface area contributed by atoms with Crippen LogP contribution in [0.5, 0.6) is 5.75 Å². The highest BCUT2D eigenvalue weighted by Crippen LogP contribution is 2.52. The fraction of sp³-hybridized carbons (Fsp3) is 0.179. The number of hydrogen-bond acceptors (Lipinski definition) is 5. The number of imide groups is 1. The van der Waals surface area contributed by atoms with E-state index in [9.17, 15) is 24.6 Å². The van der Waals surface area contributed by atoms with Crippen molar-refractivity contribution >= 4 is 46.0 Å². The maximum atomic E-state index is 14.0. The number of amides is 2.